The number of nitrogens with one attached hydrogen (secondary N) is 2. The smallest absolute Gasteiger partial charge is 0.255 e. The van der Waals surface area contributed by atoms with Crippen molar-refractivity contribution in [2.45, 2.75) is 61.5 Å². The van der Waals surface area contributed by atoms with Crippen LogP contribution in [0.2, 0.25) is 0 Å². The number of hydrogen-bond acceptors (Lipinski definition) is 15. The predicted octanol–water partition coefficient (Wildman–Crippen LogP) is 2.79. The lowest BCUT2D eigenvalue weighted by atomic mass is 9.66. The van der Waals surface area contributed by atoms with Gasteiger partial charge in [0.25, 0.3) is 13.2 Å². The highest BCUT2D eigenvalue weighted by Crippen LogP contribution is 2.38. The van der Waals surface area contributed by atoms with E-state index in [2.05, 4.69) is 43.1 Å². The average molecular weight is 777 g/mol. The Kier molecular flexibility index (Phi) is 22.3. The van der Waals surface area contributed by atoms with Crippen LogP contribution in [-0.4, -0.2) is 128 Å². The number of carbonyl (C=O) groups is 3. The normalized spacial score (nSPS) is 18.3. The summed E-state index contributed by atoms with van der Waals surface area (Å²) in [6.45, 7) is 9.06. The summed E-state index contributed by atoms with van der Waals surface area (Å²) in [5, 5.41) is 15.0. The van der Waals surface area contributed by atoms with Crippen molar-refractivity contribution in [3.8, 4) is 17.5 Å². The van der Waals surface area contributed by atoms with Gasteiger partial charge in [-0.15, -0.1) is 0 Å². The molecule has 1 saturated heterocycles. The molecule has 1 aromatic rings. The fourth-order valence-electron chi connectivity index (χ4n) is 3.75. The van der Waals surface area contributed by atoms with Crippen LogP contribution in [-0.2, 0) is 28.5 Å². The van der Waals surface area contributed by atoms with Gasteiger partial charge in [-0.05, 0) is 24.5 Å². The van der Waals surface area contributed by atoms with Gasteiger partial charge in [-0.2, -0.15) is 5.82 Å². The Balaban J connectivity index is 1.71. The molecule has 0 aliphatic carbocycles. The molecule has 1 radical (unpaired) electrons. The summed E-state index contributed by atoms with van der Waals surface area (Å²) >= 11 is 1.19. The third-order valence-corrected chi connectivity index (χ3v) is 12.5. The third kappa shape index (κ3) is 19.3. The highest BCUT2D eigenvalue weighted by Gasteiger charge is 2.44. The van der Waals surface area contributed by atoms with E-state index in [9.17, 15) is 19.5 Å². The summed E-state index contributed by atoms with van der Waals surface area (Å²) in [7, 11) is 7.90. The van der Waals surface area contributed by atoms with Crippen molar-refractivity contribution in [2.75, 3.05) is 64.7 Å². The van der Waals surface area contributed by atoms with Crippen molar-refractivity contribution in [1.29, 1.82) is 0 Å². The fraction of sp³-hybridized carbons (Fsp3) is 0.645. The van der Waals surface area contributed by atoms with E-state index in [4.69, 9.17) is 29.4 Å². The molecular formula is C31H47BN3O9S5. The largest absolute Gasteiger partial charge is 0.490 e. The van der Waals surface area contributed by atoms with Gasteiger partial charge in [0.15, 0.2) is 5.12 Å². The van der Waals surface area contributed by atoms with Gasteiger partial charge in [0.2, 0.25) is 5.91 Å². The van der Waals surface area contributed by atoms with E-state index in [0.29, 0.717) is 30.2 Å². The van der Waals surface area contributed by atoms with Crippen molar-refractivity contribution < 1.29 is 43.2 Å². The summed E-state index contributed by atoms with van der Waals surface area (Å²) in [5.74, 6) is 6.24. The van der Waals surface area contributed by atoms with Crippen LogP contribution in [0.15, 0.2) is 24.3 Å². The molecule has 1 aliphatic heterocycles. The van der Waals surface area contributed by atoms with Gasteiger partial charge in [-0.1, -0.05) is 87.7 Å². The summed E-state index contributed by atoms with van der Waals surface area (Å²) in [4.78, 5) is 35.8. The number of hydrogen-bond donors (Lipinski definition) is 4. The van der Waals surface area contributed by atoms with Gasteiger partial charge in [-0.25, -0.2) is 0 Å². The molecular weight excluding hydrogens is 730 g/mol. The van der Waals surface area contributed by atoms with Gasteiger partial charge in [-0.3, -0.25) is 14.4 Å². The molecule has 49 heavy (non-hydrogen) atoms. The van der Waals surface area contributed by atoms with Crippen molar-refractivity contribution in [2.24, 2.45) is 5.73 Å². The lowest BCUT2D eigenvalue weighted by molar-refractivity contribution is -0.222. The van der Waals surface area contributed by atoms with E-state index in [1.807, 2.05) is 6.26 Å². The first-order valence-electron chi connectivity index (χ1n) is 15.5. The van der Waals surface area contributed by atoms with Gasteiger partial charge >= 0.3 is 0 Å². The molecule has 0 spiro atoms. The van der Waals surface area contributed by atoms with E-state index in [-0.39, 0.29) is 78.2 Å². The van der Waals surface area contributed by atoms with Gasteiger partial charge < -0.3 is 45.2 Å². The van der Waals surface area contributed by atoms with E-state index >= 15 is 0 Å². The lowest BCUT2D eigenvalue weighted by Gasteiger charge is -2.44. The number of aliphatic hydroxyl groups excluding tert-OH is 1. The van der Waals surface area contributed by atoms with E-state index in [1.165, 1.54) is 40.3 Å². The van der Waals surface area contributed by atoms with Crippen LogP contribution < -0.4 is 21.1 Å². The minimum Gasteiger partial charge on any atom is -0.490 e. The topological polar surface area (TPSA) is 168 Å². The molecule has 1 aliphatic rings. The average Bonchev–Trinajstić information content (AvgIpc) is 3.06. The Morgan fingerprint density at radius 3 is 2.65 bits per heavy atom. The van der Waals surface area contributed by atoms with Crippen LogP contribution in [0.5, 0.6) is 5.75 Å². The molecule has 1 heterocycles. The fourth-order valence-corrected chi connectivity index (χ4v) is 8.49. The zero-order valence-corrected chi connectivity index (χ0v) is 32.6. The minimum atomic E-state index is -0.465. The van der Waals surface area contributed by atoms with Crippen molar-refractivity contribution in [1.82, 2.24) is 10.6 Å². The zero-order valence-electron chi connectivity index (χ0n) is 28.5. The van der Waals surface area contributed by atoms with Crippen molar-refractivity contribution in [3.63, 3.8) is 0 Å². The minimum absolute atomic E-state index is 0.00294. The predicted molar refractivity (Wildman–Crippen MR) is 204 cm³/mol. The zero-order chi connectivity index (χ0) is 36.1. The van der Waals surface area contributed by atoms with Crippen LogP contribution in [0.3, 0.4) is 0 Å². The molecule has 5 atom stereocenters. The van der Waals surface area contributed by atoms with Gasteiger partial charge in [0, 0.05) is 36.1 Å². The molecule has 0 bridgehead atoms. The standard InChI is InChI=1S/C31H47BN3O9S5/c1-21(37)46-20-27(47-45-5)44-28-24(17-36)43-29(28)32-10-7-12-34-25(38)18-40-14-15-41-26(48-49-31(2,3)4)19-42-23-9-6-8-22(16-23)30(39)35-13-11-33/h6,8-9,16,24,26-29,36H,11-15,17-20,33H2,1-5H3,(H,34,38)(H,35,39)/t24?,26?,27-,28?,29?/m0/s1. The maximum Gasteiger partial charge on any atom is 0.255 e. The Labute approximate surface area is 310 Å². The number of benzene rings is 1. The first-order valence-corrected chi connectivity index (χ1v) is 21.4. The molecule has 1 aromatic carbocycles. The number of ether oxygens (including phenoxy) is 5. The lowest BCUT2D eigenvalue weighted by Crippen LogP contribution is -2.60. The molecule has 1 fully saturated rings. The molecule has 5 N–H and O–H groups in total. The highest BCUT2D eigenvalue weighted by molar-refractivity contribution is 8.77. The summed E-state index contributed by atoms with van der Waals surface area (Å²) < 4.78 is 29.2. The van der Waals surface area contributed by atoms with E-state index < -0.39 is 12.1 Å². The number of aliphatic hydroxyl groups is 1. The Bertz CT molecular complexity index is 1220. The molecule has 4 unspecified atom stereocenters. The summed E-state index contributed by atoms with van der Waals surface area (Å²) in [5.41, 5.74) is 5.38. The molecule has 0 saturated carbocycles. The molecule has 12 nitrogen and oxygen atoms in total. The number of rotatable bonds is 23. The molecule has 2 amide bonds. The molecule has 18 heteroatoms. The Hall–Kier alpha value is -1.24. The highest BCUT2D eigenvalue weighted by atomic mass is 33.1. The second-order valence-corrected chi connectivity index (χ2v) is 18.2. The van der Waals surface area contributed by atoms with Crippen LogP contribution in [0.25, 0.3) is 0 Å². The van der Waals surface area contributed by atoms with Crippen LogP contribution >= 0.6 is 54.9 Å². The second-order valence-electron chi connectivity index (χ2n) is 11.2. The number of amides is 2. The third-order valence-electron chi connectivity index (χ3n) is 5.94. The second kappa shape index (κ2) is 24.9. The Morgan fingerprint density at radius 1 is 1.16 bits per heavy atom. The summed E-state index contributed by atoms with van der Waals surface area (Å²) in [6, 6.07) is 6.49. The first kappa shape index (κ1) is 43.9. The van der Waals surface area contributed by atoms with E-state index in [1.54, 1.807) is 53.1 Å². The van der Waals surface area contributed by atoms with Crippen LogP contribution in [0.1, 0.15) is 38.1 Å². The Morgan fingerprint density at radius 2 is 1.96 bits per heavy atom. The number of carbonyl (C=O) groups excluding carboxylic acids is 3. The SMILES string of the molecule is CSS[C@@H](CSC(C)=O)OC1C([B]C#CCNC(=O)COCCOC(COc2cccc(C(=O)NCCN)c2)SSC(C)(C)C)OC1CO. The quantitative estimate of drug-likeness (QED) is 0.0421. The number of thioether (sulfide) groups is 1. The van der Waals surface area contributed by atoms with Crippen molar-refractivity contribution >= 4 is 79.1 Å². The van der Waals surface area contributed by atoms with Crippen molar-refractivity contribution in [3.05, 3.63) is 29.8 Å². The summed E-state index contributed by atoms with van der Waals surface area (Å²) in [6.07, 6.45) is 1.08. The van der Waals surface area contributed by atoms with E-state index in [0.717, 1.165) is 0 Å². The molecule has 273 valence electrons. The molecule has 0 aromatic heterocycles. The van der Waals surface area contributed by atoms with Gasteiger partial charge in [0.1, 0.15) is 42.0 Å². The monoisotopic (exact) mass is 776 g/mol. The first-order chi connectivity index (χ1) is 23.4. The molecule has 2 rings (SSSR count). The number of nitrogens with two attached hydrogens (primary N) is 1. The van der Waals surface area contributed by atoms with Crippen LogP contribution in [0, 0.1) is 11.7 Å². The van der Waals surface area contributed by atoms with Gasteiger partial charge in [0.05, 0.1) is 32.4 Å². The maximum absolute atomic E-state index is 12.3. The maximum atomic E-state index is 12.3. The van der Waals surface area contributed by atoms with Crippen LogP contribution in [0.4, 0.5) is 0 Å².